The highest BCUT2D eigenvalue weighted by Crippen LogP contribution is 2.25. The Morgan fingerprint density at radius 1 is 0.696 bits per heavy atom. The fourth-order valence-electron chi connectivity index (χ4n) is 8.92. The number of carbonyl (C=O) groups is 7. The zero-order chi connectivity index (χ0) is 51.5. The van der Waals surface area contributed by atoms with Crippen molar-refractivity contribution in [1.29, 1.82) is 5.26 Å². The van der Waals surface area contributed by atoms with Gasteiger partial charge in [0.05, 0.1) is 11.6 Å². The van der Waals surface area contributed by atoms with Gasteiger partial charge in [0.1, 0.15) is 43.4 Å². The third-order valence-electron chi connectivity index (χ3n) is 13.2. The summed E-state index contributed by atoms with van der Waals surface area (Å²) in [7, 11) is 5.95. The van der Waals surface area contributed by atoms with Crippen LogP contribution in [0.4, 0.5) is 0 Å². The van der Waals surface area contributed by atoms with Gasteiger partial charge in [-0.2, -0.15) is 9.99 Å². The van der Waals surface area contributed by atoms with E-state index in [1.165, 1.54) is 49.9 Å². The first-order valence-corrected chi connectivity index (χ1v) is 25.1. The molecular weight excluding hydrogens is 881 g/mol. The van der Waals surface area contributed by atoms with E-state index in [-0.39, 0.29) is 62.7 Å². The van der Waals surface area contributed by atoms with E-state index in [0.29, 0.717) is 12.0 Å². The van der Waals surface area contributed by atoms with Crippen molar-refractivity contribution in [3.8, 4) is 6.07 Å². The maximum atomic E-state index is 15.1. The second kappa shape index (κ2) is 28.1. The van der Waals surface area contributed by atoms with Crippen molar-refractivity contribution < 1.29 is 43.1 Å². The van der Waals surface area contributed by atoms with Gasteiger partial charge in [0, 0.05) is 52.0 Å². The fourth-order valence-corrected chi connectivity index (χ4v) is 8.92. The lowest BCUT2D eigenvalue weighted by Gasteiger charge is -2.35. The van der Waals surface area contributed by atoms with Crippen molar-refractivity contribution in [3.05, 3.63) is 36.0 Å². The number of nitrogens with one attached hydrogen (secondary N) is 3. The number of rotatable bonds is 19. The Morgan fingerprint density at radius 3 is 1.87 bits per heavy atom. The molecule has 1 aromatic carbocycles. The second-order valence-electron chi connectivity index (χ2n) is 19.8. The van der Waals surface area contributed by atoms with Gasteiger partial charge in [0.15, 0.2) is 6.10 Å². The Balaban J connectivity index is 2.31. The number of ether oxygens (including phenoxy) is 1. The number of hydrogen-bond donors (Lipinski definition) is 3. The summed E-state index contributed by atoms with van der Waals surface area (Å²) in [4.78, 5) is 112. The van der Waals surface area contributed by atoms with Crippen molar-refractivity contribution in [3.63, 3.8) is 0 Å². The molecule has 384 valence electrons. The first-order valence-electron chi connectivity index (χ1n) is 25.1. The molecule has 0 aliphatic carbocycles. The van der Waals surface area contributed by atoms with Gasteiger partial charge in [-0.1, -0.05) is 112 Å². The summed E-state index contributed by atoms with van der Waals surface area (Å²) in [6.07, 6.45) is 6.51. The van der Waals surface area contributed by atoms with Crippen LogP contribution in [-0.2, 0) is 44.7 Å². The number of aromatic nitrogens is 1. The van der Waals surface area contributed by atoms with E-state index >= 15 is 9.59 Å². The molecule has 2 aromatic rings. The van der Waals surface area contributed by atoms with Crippen LogP contribution in [0.2, 0.25) is 0 Å². The predicted molar refractivity (Wildman–Crippen MR) is 265 cm³/mol. The monoisotopic (exact) mass is 963 g/mol. The SMILES string of the molecule is CCCCCC[C@@H]1NC(=O)[C@@H](CCC#N)OC(=O)[C@H](C)N(C)C(=O)[C@H](C[C@H](C)CCCC)NC(=O)[C@H](Cc2cn(OC)c3ccccc23)N(C)C(=O)[C@H](CC(C)C)NC(=O)[C@H](CC(C)C)N(C)C1=O. The van der Waals surface area contributed by atoms with Gasteiger partial charge < -0.3 is 40.2 Å². The van der Waals surface area contributed by atoms with Crippen molar-refractivity contribution in [2.75, 3.05) is 28.3 Å². The van der Waals surface area contributed by atoms with Crippen LogP contribution in [0.25, 0.3) is 10.9 Å². The highest BCUT2D eigenvalue weighted by Gasteiger charge is 2.40. The fraction of sp³-hybridized carbons (Fsp3) is 0.692. The summed E-state index contributed by atoms with van der Waals surface area (Å²) in [6, 6.07) is 2.54. The van der Waals surface area contributed by atoms with E-state index in [2.05, 4.69) is 29.8 Å². The summed E-state index contributed by atoms with van der Waals surface area (Å²) in [5.74, 6) is -4.84. The molecule has 1 saturated heterocycles. The van der Waals surface area contributed by atoms with Crippen molar-refractivity contribution in [2.24, 2.45) is 17.8 Å². The Labute approximate surface area is 410 Å². The molecule has 1 fully saturated rings. The van der Waals surface area contributed by atoms with Gasteiger partial charge in [-0.25, -0.2) is 4.79 Å². The smallest absolute Gasteiger partial charge is 0.329 e. The minimum Gasteiger partial charge on any atom is -0.451 e. The number of nitriles is 1. The molecule has 1 aliphatic rings. The number of likely N-dealkylation sites (N-methyl/N-ethyl adjacent to an activating group) is 3. The molecule has 1 aliphatic heterocycles. The lowest BCUT2D eigenvalue weighted by Crippen LogP contribution is -2.60. The summed E-state index contributed by atoms with van der Waals surface area (Å²) >= 11 is 0. The lowest BCUT2D eigenvalue weighted by molar-refractivity contribution is -0.163. The Hall–Kier alpha value is -5.66. The maximum Gasteiger partial charge on any atom is 0.329 e. The maximum absolute atomic E-state index is 15.1. The Morgan fingerprint density at radius 2 is 1.26 bits per heavy atom. The zero-order valence-corrected chi connectivity index (χ0v) is 43.5. The molecule has 0 radical (unpaired) electrons. The minimum atomic E-state index is -1.49. The molecule has 0 saturated carbocycles. The summed E-state index contributed by atoms with van der Waals surface area (Å²) in [6.45, 7) is 15.2. The number of unbranched alkanes of at least 4 members (excludes halogenated alkanes) is 4. The lowest BCUT2D eigenvalue weighted by atomic mass is 9.94. The molecule has 1 aromatic heterocycles. The van der Waals surface area contributed by atoms with Crippen molar-refractivity contribution >= 4 is 52.3 Å². The topological polar surface area (TPSA) is 212 Å². The van der Waals surface area contributed by atoms with Crippen LogP contribution >= 0.6 is 0 Å². The average molecular weight is 963 g/mol. The normalized spacial score (nSPS) is 23.6. The first kappa shape index (κ1) is 57.7. The molecule has 8 atom stereocenters. The van der Waals surface area contributed by atoms with E-state index in [1.54, 1.807) is 10.9 Å². The number of carbonyl (C=O) groups excluding carboxylic acids is 7. The highest BCUT2D eigenvalue weighted by molar-refractivity contribution is 5.98. The largest absolute Gasteiger partial charge is 0.451 e. The number of cyclic esters (lactones) is 1. The van der Waals surface area contributed by atoms with E-state index in [9.17, 15) is 29.2 Å². The number of nitrogens with zero attached hydrogens (tertiary/aromatic N) is 5. The van der Waals surface area contributed by atoms with E-state index in [1.807, 2.05) is 65.0 Å². The Kier molecular flexibility index (Phi) is 23.5. The van der Waals surface area contributed by atoms with Gasteiger partial charge in [-0.3, -0.25) is 28.8 Å². The van der Waals surface area contributed by atoms with E-state index < -0.39 is 83.8 Å². The molecule has 2 heterocycles. The van der Waals surface area contributed by atoms with E-state index in [0.717, 1.165) is 49.4 Å². The van der Waals surface area contributed by atoms with Gasteiger partial charge in [-0.15, -0.1) is 0 Å². The summed E-state index contributed by atoms with van der Waals surface area (Å²) in [5, 5.41) is 19.1. The van der Waals surface area contributed by atoms with Gasteiger partial charge >= 0.3 is 5.97 Å². The minimum absolute atomic E-state index is 0.00384. The Bertz CT molecular complexity index is 2080. The molecule has 0 bridgehead atoms. The van der Waals surface area contributed by atoms with Gasteiger partial charge in [0.25, 0.3) is 5.91 Å². The quantitative estimate of drug-likeness (QED) is 0.115. The zero-order valence-electron chi connectivity index (χ0n) is 43.5. The van der Waals surface area contributed by atoms with Crippen LogP contribution in [0, 0.1) is 29.1 Å². The van der Waals surface area contributed by atoms with E-state index in [4.69, 9.17) is 9.57 Å². The second-order valence-corrected chi connectivity index (χ2v) is 19.8. The number of esters is 1. The molecular formula is C52H82N8O9. The number of benzene rings is 1. The number of amides is 6. The number of fused-ring (bicyclic) bond motifs is 1. The van der Waals surface area contributed by atoms with Crippen LogP contribution in [0.3, 0.4) is 0 Å². The summed E-state index contributed by atoms with van der Waals surface area (Å²) < 4.78 is 7.38. The van der Waals surface area contributed by atoms with Gasteiger partial charge in [0.2, 0.25) is 29.5 Å². The molecule has 17 heteroatoms. The van der Waals surface area contributed by atoms with Crippen LogP contribution in [0.15, 0.2) is 30.5 Å². The van der Waals surface area contributed by atoms with Crippen LogP contribution < -0.4 is 20.8 Å². The van der Waals surface area contributed by atoms with Gasteiger partial charge in [-0.05, 0) is 62.0 Å². The molecule has 0 unspecified atom stereocenters. The predicted octanol–water partition coefficient (Wildman–Crippen LogP) is 5.71. The number of para-hydroxylation sites is 1. The van der Waals surface area contributed by atoms with Crippen LogP contribution in [0.1, 0.15) is 144 Å². The number of hydrogen-bond acceptors (Lipinski definition) is 10. The molecule has 3 N–H and O–H groups in total. The van der Waals surface area contributed by atoms with Crippen molar-refractivity contribution in [2.45, 2.75) is 188 Å². The molecule has 6 amide bonds. The average Bonchev–Trinajstić information content (AvgIpc) is 3.68. The molecule has 69 heavy (non-hydrogen) atoms. The van der Waals surface area contributed by atoms with Crippen molar-refractivity contribution in [1.82, 2.24) is 35.4 Å². The van der Waals surface area contributed by atoms with Crippen LogP contribution in [0.5, 0.6) is 0 Å². The molecule has 3 rings (SSSR count). The summed E-state index contributed by atoms with van der Waals surface area (Å²) in [5.41, 5.74) is 1.42. The molecule has 17 nitrogen and oxygen atoms in total. The molecule has 0 spiro atoms. The highest BCUT2D eigenvalue weighted by atomic mass is 16.6. The third kappa shape index (κ3) is 16.5. The third-order valence-corrected chi connectivity index (χ3v) is 13.2. The van der Waals surface area contributed by atoms with Crippen LogP contribution in [-0.4, -0.2) is 131 Å². The first-order chi connectivity index (χ1) is 32.7. The standard InChI is InChI=1S/C52H82N8O9/c1-13-15-17-18-24-39-49(64)58(10)43(29-34(5)6)46(61)55-40(28-33(3)4)51(66)59(11)44(31-37-32-60(68-12)42-25-20-19-23-38(37)42)47(62)56-41(30-35(7)22-16-14-2)50(65)57(9)36(8)52(67)69-45(26-21-27-53)48(63)54-39/h19-20,23,25,32-36,39-41,43-45H,13-18,21-22,24,26,28-31H2,1-12H3,(H,54,63)(H,55,61)(H,56,62)/t35-,36+,39+,40+,41+,43+,44+,45-/m1/s1.